The maximum atomic E-state index is 11.6. The number of Topliss-reactive ketones (excluding diaryl/α,β-unsaturated/α-hetero) is 1. The van der Waals surface area contributed by atoms with Crippen molar-refractivity contribution < 1.29 is 14.3 Å². The van der Waals surface area contributed by atoms with Crippen LogP contribution in [0.25, 0.3) is 0 Å². The molecule has 0 saturated carbocycles. The summed E-state index contributed by atoms with van der Waals surface area (Å²) < 4.78 is 11.3. The monoisotopic (exact) mass is 327 g/mol. The lowest BCUT2D eigenvalue weighted by Crippen LogP contribution is -2.07. The van der Waals surface area contributed by atoms with Gasteiger partial charge in [0, 0.05) is 18.4 Å². The van der Waals surface area contributed by atoms with Crippen molar-refractivity contribution in [3.63, 3.8) is 0 Å². The van der Waals surface area contributed by atoms with Crippen LogP contribution in [0.5, 0.6) is 11.5 Å². The fourth-order valence-electron chi connectivity index (χ4n) is 2.31. The normalized spacial score (nSPS) is 10.4. The van der Waals surface area contributed by atoms with Crippen molar-refractivity contribution in [3.05, 3.63) is 53.6 Å². The Morgan fingerprint density at radius 1 is 1.00 bits per heavy atom. The molecule has 2 aromatic rings. The van der Waals surface area contributed by atoms with E-state index in [0.29, 0.717) is 36.6 Å². The summed E-state index contributed by atoms with van der Waals surface area (Å²) in [6.45, 7) is 5.05. The summed E-state index contributed by atoms with van der Waals surface area (Å²) in [6, 6.07) is 13.3. The van der Waals surface area contributed by atoms with Gasteiger partial charge in [-0.3, -0.25) is 4.79 Å². The Labute approximate surface area is 143 Å². The number of anilines is 1. The van der Waals surface area contributed by atoms with Gasteiger partial charge in [-0.15, -0.1) is 0 Å². The molecule has 0 aliphatic carbocycles. The van der Waals surface area contributed by atoms with E-state index in [4.69, 9.17) is 15.2 Å². The number of ketones is 1. The average Bonchev–Trinajstić information content (AvgIpc) is 2.62. The number of benzene rings is 2. The number of ether oxygens (including phenoxy) is 2. The summed E-state index contributed by atoms with van der Waals surface area (Å²) in [6.07, 6.45) is 2.25. The summed E-state index contributed by atoms with van der Waals surface area (Å²) >= 11 is 0. The van der Waals surface area contributed by atoms with Crippen LogP contribution in [0.15, 0.2) is 42.5 Å². The highest BCUT2D eigenvalue weighted by molar-refractivity contribution is 5.97. The van der Waals surface area contributed by atoms with E-state index < -0.39 is 0 Å². The zero-order valence-electron chi connectivity index (χ0n) is 14.4. The third-order valence-corrected chi connectivity index (χ3v) is 3.80. The van der Waals surface area contributed by atoms with E-state index in [-0.39, 0.29) is 5.78 Å². The lowest BCUT2D eigenvalue weighted by molar-refractivity contribution is 0.0988. The van der Waals surface area contributed by atoms with Gasteiger partial charge in [0.05, 0.1) is 18.9 Å². The van der Waals surface area contributed by atoms with E-state index in [1.54, 1.807) is 18.2 Å². The summed E-state index contributed by atoms with van der Waals surface area (Å²) in [4.78, 5) is 11.6. The van der Waals surface area contributed by atoms with Crippen molar-refractivity contribution in [3.8, 4) is 11.5 Å². The van der Waals surface area contributed by atoms with Crippen molar-refractivity contribution >= 4 is 11.5 Å². The molecule has 0 saturated heterocycles. The van der Waals surface area contributed by atoms with Crippen LogP contribution in [0.4, 0.5) is 5.69 Å². The molecule has 2 rings (SSSR count). The van der Waals surface area contributed by atoms with E-state index >= 15 is 0 Å². The second kappa shape index (κ2) is 8.96. The second-order valence-electron chi connectivity index (χ2n) is 5.58. The van der Waals surface area contributed by atoms with Gasteiger partial charge in [-0.1, -0.05) is 26.0 Å². The van der Waals surface area contributed by atoms with E-state index in [0.717, 1.165) is 18.6 Å². The minimum absolute atomic E-state index is 0.0794. The maximum Gasteiger partial charge on any atom is 0.162 e. The molecular weight excluding hydrogens is 302 g/mol. The molecule has 128 valence electrons. The second-order valence-corrected chi connectivity index (χ2v) is 5.58. The Bertz CT molecular complexity index is 665. The predicted octanol–water partition coefficient (Wildman–Crippen LogP) is 4.27. The van der Waals surface area contributed by atoms with Crippen LogP contribution in [0, 0.1) is 0 Å². The van der Waals surface area contributed by atoms with Gasteiger partial charge >= 0.3 is 0 Å². The zero-order chi connectivity index (χ0) is 17.4. The summed E-state index contributed by atoms with van der Waals surface area (Å²) in [7, 11) is 0. The molecule has 0 bridgehead atoms. The number of carbonyl (C=O) groups excluding carboxylic acids is 1. The molecule has 0 spiro atoms. The standard InChI is InChI=1S/C20H25NO3/c1-3-15-6-9-17(10-7-15)23-12-5-13-24-20-11-8-16(14-18(20)21)19(22)4-2/h6-11,14H,3-5,12-13,21H2,1-2H3. The Hall–Kier alpha value is -2.49. The van der Waals surface area contributed by atoms with Gasteiger partial charge in [-0.2, -0.15) is 0 Å². The van der Waals surface area contributed by atoms with Crippen LogP contribution in [-0.4, -0.2) is 19.0 Å². The number of nitrogen functional groups attached to an aromatic ring is 1. The van der Waals surface area contributed by atoms with Crippen molar-refractivity contribution in [1.82, 2.24) is 0 Å². The predicted molar refractivity (Wildman–Crippen MR) is 96.9 cm³/mol. The number of aryl methyl sites for hydroxylation is 1. The first-order chi connectivity index (χ1) is 11.6. The van der Waals surface area contributed by atoms with Crippen LogP contribution >= 0.6 is 0 Å². The van der Waals surface area contributed by atoms with Crippen molar-refractivity contribution in [2.45, 2.75) is 33.1 Å². The van der Waals surface area contributed by atoms with Crippen molar-refractivity contribution in [2.75, 3.05) is 18.9 Å². The van der Waals surface area contributed by atoms with E-state index in [2.05, 4.69) is 19.1 Å². The molecule has 0 amide bonds. The van der Waals surface area contributed by atoms with Gasteiger partial charge < -0.3 is 15.2 Å². The van der Waals surface area contributed by atoms with Crippen molar-refractivity contribution in [2.24, 2.45) is 0 Å². The highest BCUT2D eigenvalue weighted by Gasteiger charge is 2.07. The fraction of sp³-hybridized carbons (Fsp3) is 0.350. The topological polar surface area (TPSA) is 61.5 Å². The van der Waals surface area contributed by atoms with Crippen LogP contribution < -0.4 is 15.2 Å². The molecule has 2 aromatic carbocycles. The minimum Gasteiger partial charge on any atom is -0.493 e. The number of rotatable bonds is 9. The molecule has 0 aliphatic heterocycles. The molecule has 0 aromatic heterocycles. The third-order valence-electron chi connectivity index (χ3n) is 3.80. The highest BCUT2D eigenvalue weighted by atomic mass is 16.5. The first kappa shape index (κ1) is 17.9. The van der Waals surface area contributed by atoms with Crippen molar-refractivity contribution in [1.29, 1.82) is 0 Å². The van der Waals surface area contributed by atoms with Crippen LogP contribution in [-0.2, 0) is 6.42 Å². The maximum absolute atomic E-state index is 11.6. The molecule has 4 nitrogen and oxygen atoms in total. The quantitative estimate of drug-likeness (QED) is 0.424. The first-order valence-electron chi connectivity index (χ1n) is 8.41. The Morgan fingerprint density at radius 2 is 1.71 bits per heavy atom. The largest absolute Gasteiger partial charge is 0.493 e. The average molecular weight is 327 g/mol. The van der Waals surface area contributed by atoms with Gasteiger partial charge in [0.25, 0.3) is 0 Å². The molecule has 0 aliphatic rings. The Kier molecular flexibility index (Phi) is 6.67. The smallest absolute Gasteiger partial charge is 0.162 e. The Balaban J connectivity index is 1.74. The highest BCUT2D eigenvalue weighted by Crippen LogP contribution is 2.23. The molecule has 0 fully saturated rings. The number of nitrogens with two attached hydrogens (primary N) is 1. The van der Waals surface area contributed by atoms with Gasteiger partial charge in [0.2, 0.25) is 0 Å². The van der Waals surface area contributed by atoms with Gasteiger partial charge in [-0.25, -0.2) is 0 Å². The van der Waals surface area contributed by atoms with E-state index in [9.17, 15) is 4.79 Å². The molecule has 0 atom stereocenters. The number of hydrogen-bond acceptors (Lipinski definition) is 4. The zero-order valence-corrected chi connectivity index (χ0v) is 14.4. The van der Waals surface area contributed by atoms with Crippen LogP contribution in [0.3, 0.4) is 0 Å². The lowest BCUT2D eigenvalue weighted by atomic mass is 10.1. The molecule has 0 heterocycles. The van der Waals surface area contributed by atoms with Gasteiger partial charge in [-0.05, 0) is 42.3 Å². The van der Waals surface area contributed by atoms with Crippen LogP contribution in [0.1, 0.15) is 42.6 Å². The number of hydrogen-bond donors (Lipinski definition) is 1. The number of carbonyl (C=O) groups is 1. The molecule has 24 heavy (non-hydrogen) atoms. The summed E-state index contributed by atoms with van der Waals surface area (Å²) in [5.74, 6) is 1.56. The molecule has 2 N–H and O–H groups in total. The fourth-order valence-corrected chi connectivity index (χ4v) is 2.31. The summed E-state index contributed by atoms with van der Waals surface area (Å²) in [5, 5.41) is 0. The molecule has 4 heteroatoms. The lowest BCUT2D eigenvalue weighted by Gasteiger charge is -2.11. The van der Waals surface area contributed by atoms with Gasteiger partial charge in [0.15, 0.2) is 5.78 Å². The van der Waals surface area contributed by atoms with Crippen LogP contribution in [0.2, 0.25) is 0 Å². The molecular formula is C20H25NO3. The first-order valence-corrected chi connectivity index (χ1v) is 8.41. The molecule has 0 radical (unpaired) electrons. The third kappa shape index (κ3) is 5.01. The van der Waals surface area contributed by atoms with E-state index in [1.165, 1.54) is 5.56 Å². The summed E-state index contributed by atoms with van der Waals surface area (Å²) in [5.41, 5.74) is 8.35. The Morgan fingerprint density at radius 3 is 2.33 bits per heavy atom. The molecule has 0 unspecified atom stereocenters. The minimum atomic E-state index is 0.0794. The SMILES string of the molecule is CCC(=O)c1ccc(OCCCOc2ccc(CC)cc2)c(N)c1. The van der Waals surface area contributed by atoms with E-state index in [1.807, 2.05) is 19.1 Å². The van der Waals surface area contributed by atoms with Gasteiger partial charge in [0.1, 0.15) is 11.5 Å².